The fourth-order valence-electron chi connectivity index (χ4n) is 1.60. The molecule has 0 unspecified atom stereocenters. The predicted molar refractivity (Wildman–Crippen MR) is 62.0 cm³/mol. The Morgan fingerprint density at radius 1 is 1.61 bits per heavy atom. The van der Waals surface area contributed by atoms with E-state index in [0.29, 0.717) is 12.3 Å². The fourth-order valence-corrected chi connectivity index (χ4v) is 1.60. The number of carboxylic acid groups (broad SMARTS) is 1. The highest BCUT2D eigenvalue weighted by atomic mass is 19.1. The van der Waals surface area contributed by atoms with E-state index in [0.717, 1.165) is 12.3 Å². The van der Waals surface area contributed by atoms with E-state index in [1.54, 1.807) is 24.1 Å². The maximum Gasteiger partial charge on any atom is 0.339 e. The van der Waals surface area contributed by atoms with E-state index in [-0.39, 0.29) is 11.4 Å². The summed E-state index contributed by atoms with van der Waals surface area (Å²) in [5.74, 6) is -1.04. The van der Waals surface area contributed by atoms with Crippen LogP contribution in [0.5, 0.6) is 0 Å². The van der Waals surface area contributed by atoms with Crippen LogP contribution in [0.25, 0.3) is 0 Å². The highest BCUT2D eigenvalue weighted by Gasteiger charge is 2.17. The van der Waals surface area contributed by atoms with Crippen LogP contribution < -0.4 is 4.90 Å². The lowest BCUT2D eigenvalue weighted by molar-refractivity contribution is 0.0696. The Morgan fingerprint density at radius 3 is 3.00 bits per heavy atom. The number of pyridine rings is 1. The number of aromatic carboxylic acids is 1. The Bertz CT molecular complexity index is 554. The Kier molecular flexibility index (Phi) is 3.27. The molecule has 2 heterocycles. The van der Waals surface area contributed by atoms with Crippen LogP contribution in [0.3, 0.4) is 0 Å². The second-order valence-electron chi connectivity index (χ2n) is 3.77. The lowest BCUT2D eigenvalue weighted by atomic mass is 10.2. The minimum atomic E-state index is -1.22. The molecule has 0 aromatic carbocycles. The van der Waals surface area contributed by atoms with Crippen LogP contribution in [0.2, 0.25) is 0 Å². The molecule has 18 heavy (non-hydrogen) atoms. The second-order valence-corrected chi connectivity index (χ2v) is 3.77. The molecule has 0 bridgehead atoms. The largest absolute Gasteiger partial charge is 0.478 e. The number of hydrogen-bond acceptors (Lipinski definition) is 4. The van der Waals surface area contributed by atoms with Gasteiger partial charge < -0.3 is 14.4 Å². The molecule has 0 fully saturated rings. The summed E-state index contributed by atoms with van der Waals surface area (Å²) in [4.78, 5) is 16.4. The van der Waals surface area contributed by atoms with Crippen LogP contribution in [-0.2, 0) is 6.54 Å². The molecule has 0 saturated carbocycles. The van der Waals surface area contributed by atoms with Crippen molar-refractivity contribution in [3.8, 4) is 0 Å². The van der Waals surface area contributed by atoms with Gasteiger partial charge in [-0.3, -0.25) is 0 Å². The van der Waals surface area contributed by atoms with Gasteiger partial charge in [-0.05, 0) is 18.2 Å². The van der Waals surface area contributed by atoms with Gasteiger partial charge in [0.1, 0.15) is 23.0 Å². The molecule has 2 aromatic heterocycles. The lowest BCUT2D eigenvalue weighted by Crippen LogP contribution is -2.20. The third-order valence-electron chi connectivity index (χ3n) is 2.40. The number of anilines is 1. The van der Waals surface area contributed by atoms with Crippen molar-refractivity contribution in [3.63, 3.8) is 0 Å². The van der Waals surface area contributed by atoms with Crippen LogP contribution in [-0.4, -0.2) is 23.1 Å². The SMILES string of the molecule is CN(Cc1ccco1)c1ncc(F)cc1C(=O)O. The van der Waals surface area contributed by atoms with E-state index in [1.165, 1.54) is 6.26 Å². The maximum atomic E-state index is 13.0. The van der Waals surface area contributed by atoms with Gasteiger partial charge >= 0.3 is 5.97 Å². The first-order chi connectivity index (χ1) is 8.58. The molecule has 0 aliphatic heterocycles. The van der Waals surface area contributed by atoms with Crippen LogP contribution in [0.4, 0.5) is 10.2 Å². The zero-order valence-electron chi connectivity index (χ0n) is 9.63. The average molecular weight is 250 g/mol. The molecule has 1 N–H and O–H groups in total. The van der Waals surface area contributed by atoms with Crippen molar-refractivity contribution in [2.75, 3.05) is 11.9 Å². The number of nitrogens with zero attached hydrogens (tertiary/aromatic N) is 2. The van der Waals surface area contributed by atoms with Crippen molar-refractivity contribution in [3.05, 3.63) is 47.8 Å². The Morgan fingerprint density at radius 2 is 2.39 bits per heavy atom. The van der Waals surface area contributed by atoms with E-state index < -0.39 is 11.8 Å². The zero-order valence-corrected chi connectivity index (χ0v) is 9.63. The number of carbonyl (C=O) groups is 1. The summed E-state index contributed by atoms with van der Waals surface area (Å²) in [5, 5.41) is 9.01. The van der Waals surface area contributed by atoms with Gasteiger partial charge in [-0.15, -0.1) is 0 Å². The number of furan rings is 1. The zero-order chi connectivity index (χ0) is 13.1. The first-order valence-corrected chi connectivity index (χ1v) is 5.20. The van der Waals surface area contributed by atoms with Gasteiger partial charge in [0.25, 0.3) is 0 Å². The first-order valence-electron chi connectivity index (χ1n) is 5.20. The van der Waals surface area contributed by atoms with Gasteiger partial charge in [-0.1, -0.05) is 0 Å². The van der Waals surface area contributed by atoms with Crippen molar-refractivity contribution in [2.24, 2.45) is 0 Å². The van der Waals surface area contributed by atoms with Gasteiger partial charge in [-0.25, -0.2) is 14.2 Å². The van der Waals surface area contributed by atoms with Crippen molar-refractivity contribution in [1.82, 2.24) is 4.98 Å². The Hall–Kier alpha value is -2.37. The minimum Gasteiger partial charge on any atom is -0.478 e. The lowest BCUT2D eigenvalue weighted by Gasteiger charge is -2.18. The maximum absolute atomic E-state index is 13.0. The number of carboxylic acids is 1. The predicted octanol–water partition coefficient (Wildman–Crippen LogP) is 2.15. The van der Waals surface area contributed by atoms with Crippen LogP contribution in [0.15, 0.2) is 35.1 Å². The highest BCUT2D eigenvalue weighted by Crippen LogP contribution is 2.19. The van der Waals surface area contributed by atoms with E-state index >= 15 is 0 Å². The topological polar surface area (TPSA) is 66.6 Å². The molecule has 0 aliphatic carbocycles. The summed E-state index contributed by atoms with van der Waals surface area (Å²) in [6.45, 7) is 0.353. The summed E-state index contributed by atoms with van der Waals surface area (Å²) in [5.41, 5.74) is -0.177. The first kappa shape index (κ1) is 12.1. The number of hydrogen-bond donors (Lipinski definition) is 1. The fraction of sp³-hybridized carbons (Fsp3) is 0.167. The monoisotopic (exact) mass is 250 g/mol. The summed E-state index contributed by atoms with van der Waals surface area (Å²) >= 11 is 0. The van der Waals surface area contributed by atoms with Crippen LogP contribution in [0, 0.1) is 5.82 Å². The molecule has 6 heteroatoms. The number of halogens is 1. The van der Waals surface area contributed by atoms with Gasteiger partial charge in [0.05, 0.1) is 19.0 Å². The molecular formula is C12H11FN2O3. The second kappa shape index (κ2) is 4.87. The molecule has 0 radical (unpaired) electrons. The van der Waals surface area contributed by atoms with E-state index in [1.807, 2.05) is 0 Å². The average Bonchev–Trinajstić information content (AvgIpc) is 2.81. The Balaban J connectivity index is 2.29. The molecule has 2 aromatic rings. The summed E-state index contributed by atoms with van der Waals surface area (Å²) in [7, 11) is 1.66. The number of rotatable bonds is 4. The molecular weight excluding hydrogens is 239 g/mol. The molecule has 94 valence electrons. The molecule has 0 spiro atoms. The normalized spacial score (nSPS) is 10.3. The molecule has 5 nitrogen and oxygen atoms in total. The highest BCUT2D eigenvalue weighted by molar-refractivity contribution is 5.93. The van der Waals surface area contributed by atoms with Crippen LogP contribution >= 0.6 is 0 Å². The number of aromatic nitrogens is 1. The smallest absolute Gasteiger partial charge is 0.339 e. The van der Waals surface area contributed by atoms with E-state index in [2.05, 4.69) is 4.98 Å². The molecule has 0 aliphatic rings. The van der Waals surface area contributed by atoms with Crippen molar-refractivity contribution in [2.45, 2.75) is 6.54 Å². The molecule has 0 atom stereocenters. The molecule has 0 saturated heterocycles. The summed E-state index contributed by atoms with van der Waals surface area (Å²) in [6, 6.07) is 4.45. The summed E-state index contributed by atoms with van der Waals surface area (Å²) < 4.78 is 18.1. The summed E-state index contributed by atoms with van der Waals surface area (Å²) in [6.07, 6.45) is 2.51. The van der Waals surface area contributed by atoms with Gasteiger partial charge in [-0.2, -0.15) is 0 Å². The van der Waals surface area contributed by atoms with Crippen LogP contribution in [0.1, 0.15) is 16.1 Å². The van der Waals surface area contributed by atoms with Gasteiger partial charge in [0, 0.05) is 7.05 Å². The van der Waals surface area contributed by atoms with E-state index in [4.69, 9.17) is 9.52 Å². The van der Waals surface area contributed by atoms with Gasteiger partial charge in [0.15, 0.2) is 0 Å². The van der Waals surface area contributed by atoms with Crippen molar-refractivity contribution < 1.29 is 18.7 Å². The standard InChI is InChI=1S/C12H11FN2O3/c1-15(7-9-3-2-4-18-9)11-10(12(16)17)5-8(13)6-14-11/h2-6H,7H2,1H3,(H,16,17). The third kappa shape index (κ3) is 2.48. The quantitative estimate of drug-likeness (QED) is 0.900. The van der Waals surface area contributed by atoms with Crippen molar-refractivity contribution >= 4 is 11.8 Å². The molecule has 0 amide bonds. The third-order valence-corrected chi connectivity index (χ3v) is 2.40. The van der Waals surface area contributed by atoms with E-state index in [9.17, 15) is 9.18 Å². The molecule has 2 rings (SSSR count). The van der Waals surface area contributed by atoms with Crippen molar-refractivity contribution in [1.29, 1.82) is 0 Å². The van der Waals surface area contributed by atoms with Gasteiger partial charge in [0.2, 0.25) is 0 Å². The minimum absolute atomic E-state index is 0.177. The Labute approximate surface area is 102 Å².